The van der Waals surface area contributed by atoms with Crippen molar-refractivity contribution in [2.45, 2.75) is 32.4 Å². The number of likely N-dealkylation sites (tertiary alicyclic amines) is 1. The van der Waals surface area contributed by atoms with Gasteiger partial charge in [-0.1, -0.05) is 24.9 Å². The van der Waals surface area contributed by atoms with E-state index in [1.807, 2.05) is 0 Å². The first-order valence-corrected chi connectivity index (χ1v) is 7.83. The van der Waals surface area contributed by atoms with Gasteiger partial charge in [0.2, 0.25) is 0 Å². The molecule has 0 spiro atoms. The lowest BCUT2D eigenvalue weighted by Gasteiger charge is -2.24. The summed E-state index contributed by atoms with van der Waals surface area (Å²) in [6, 6.07) is 2.69. The summed E-state index contributed by atoms with van der Waals surface area (Å²) in [5.41, 5.74) is 0.270. The zero-order valence-electron chi connectivity index (χ0n) is 12.9. The standard InChI is InChI=1S/C16H23ClF2N2/c1-4-5-11-8-21(10-15(11)20(2)3)9-12-13(18)6-7-14(19)16(12)17/h6-7,11,15H,4-5,8-10H2,1-3H3/t11-,15-/m1/s1. The molecule has 21 heavy (non-hydrogen) atoms. The molecule has 1 saturated heterocycles. The minimum Gasteiger partial charge on any atom is -0.305 e. The predicted molar refractivity (Wildman–Crippen MR) is 82.5 cm³/mol. The summed E-state index contributed by atoms with van der Waals surface area (Å²) >= 11 is 5.92. The number of benzene rings is 1. The molecule has 2 rings (SSSR count). The highest BCUT2D eigenvalue weighted by Gasteiger charge is 2.34. The highest BCUT2D eigenvalue weighted by molar-refractivity contribution is 6.31. The van der Waals surface area contributed by atoms with Crippen molar-refractivity contribution in [3.63, 3.8) is 0 Å². The van der Waals surface area contributed by atoms with E-state index in [9.17, 15) is 8.78 Å². The SMILES string of the molecule is CCC[C@@H]1CN(Cc2c(F)ccc(F)c2Cl)C[C@H]1N(C)C. The van der Waals surface area contributed by atoms with Crippen LogP contribution in [0.4, 0.5) is 8.78 Å². The van der Waals surface area contributed by atoms with Crippen molar-refractivity contribution in [2.75, 3.05) is 27.2 Å². The van der Waals surface area contributed by atoms with Crippen molar-refractivity contribution >= 4 is 11.6 Å². The molecule has 0 aromatic heterocycles. The van der Waals surface area contributed by atoms with Crippen LogP contribution in [0.15, 0.2) is 12.1 Å². The molecule has 0 bridgehead atoms. The van der Waals surface area contributed by atoms with Crippen LogP contribution in [0.5, 0.6) is 0 Å². The maximum atomic E-state index is 13.9. The zero-order chi connectivity index (χ0) is 15.6. The minimum absolute atomic E-state index is 0.0876. The molecule has 1 aliphatic heterocycles. The van der Waals surface area contributed by atoms with Gasteiger partial charge in [-0.05, 0) is 38.6 Å². The van der Waals surface area contributed by atoms with Crippen LogP contribution in [0, 0.1) is 17.6 Å². The van der Waals surface area contributed by atoms with E-state index >= 15 is 0 Å². The first-order chi connectivity index (χ1) is 9.93. The van der Waals surface area contributed by atoms with E-state index in [2.05, 4.69) is 30.8 Å². The quantitative estimate of drug-likeness (QED) is 0.763. The van der Waals surface area contributed by atoms with Crippen molar-refractivity contribution in [1.82, 2.24) is 9.80 Å². The Hall–Kier alpha value is -0.710. The van der Waals surface area contributed by atoms with Gasteiger partial charge in [0.25, 0.3) is 0 Å². The third-order valence-electron chi connectivity index (χ3n) is 4.33. The molecular weight excluding hydrogens is 294 g/mol. The predicted octanol–water partition coefficient (Wildman–Crippen LogP) is 3.78. The van der Waals surface area contributed by atoms with Gasteiger partial charge in [-0.3, -0.25) is 4.90 Å². The zero-order valence-corrected chi connectivity index (χ0v) is 13.6. The second-order valence-corrected chi connectivity index (χ2v) is 6.47. The first-order valence-electron chi connectivity index (χ1n) is 7.45. The lowest BCUT2D eigenvalue weighted by atomic mass is 9.98. The highest BCUT2D eigenvalue weighted by Crippen LogP contribution is 2.29. The Kier molecular flexibility index (Phi) is 5.58. The maximum absolute atomic E-state index is 13.9. The molecule has 0 N–H and O–H groups in total. The van der Waals surface area contributed by atoms with Crippen molar-refractivity contribution in [2.24, 2.45) is 5.92 Å². The summed E-state index contributed by atoms with van der Waals surface area (Å²) in [5.74, 6) is -0.413. The Morgan fingerprint density at radius 3 is 2.52 bits per heavy atom. The number of nitrogens with zero attached hydrogens (tertiary/aromatic N) is 2. The van der Waals surface area contributed by atoms with E-state index in [-0.39, 0.29) is 10.6 Å². The van der Waals surface area contributed by atoms with E-state index in [0.29, 0.717) is 18.5 Å². The van der Waals surface area contributed by atoms with Gasteiger partial charge in [0, 0.05) is 31.2 Å². The average molecular weight is 317 g/mol. The molecule has 0 amide bonds. The van der Waals surface area contributed by atoms with E-state index in [0.717, 1.165) is 38.1 Å². The first kappa shape index (κ1) is 16.7. The Balaban J connectivity index is 2.13. The molecular formula is C16H23ClF2N2. The topological polar surface area (TPSA) is 6.48 Å². The lowest BCUT2D eigenvalue weighted by molar-refractivity contribution is 0.238. The number of rotatable bonds is 5. The summed E-state index contributed by atoms with van der Waals surface area (Å²) in [7, 11) is 4.15. The third kappa shape index (κ3) is 3.74. The number of halogens is 3. The molecule has 0 saturated carbocycles. The van der Waals surface area contributed by atoms with Gasteiger partial charge in [0.15, 0.2) is 0 Å². The Bertz CT molecular complexity index is 493. The lowest BCUT2D eigenvalue weighted by Crippen LogP contribution is -2.35. The summed E-state index contributed by atoms with van der Waals surface area (Å²) in [6.45, 7) is 4.32. The fourth-order valence-corrected chi connectivity index (χ4v) is 3.46. The van der Waals surface area contributed by atoms with Crippen LogP contribution in [-0.2, 0) is 6.54 Å². The molecule has 0 aliphatic carbocycles. The summed E-state index contributed by atoms with van der Waals surface area (Å²) in [5, 5.41) is -0.0876. The fraction of sp³-hybridized carbons (Fsp3) is 0.625. The van der Waals surface area contributed by atoms with Crippen molar-refractivity contribution in [3.05, 3.63) is 34.4 Å². The van der Waals surface area contributed by atoms with Crippen LogP contribution in [0.25, 0.3) is 0 Å². The van der Waals surface area contributed by atoms with Crippen LogP contribution in [-0.4, -0.2) is 43.0 Å². The van der Waals surface area contributed by atoms with E-state index in [1.54, 1.807) is 0 Å². The van der Waals surface area contributed by atoms with Crippen LogP contribution < -0.4 is 0 Å². The van der Waals surface area contributed by atoms with Gasteiger partial charge in [-0.2, -0.15) is 0 Å². The van der Waals surface area contributed by atoms with Gasteiger partial charge < -0.3 is 4.90 Å². The van der Waals surface area contributed by atoms with E-state index < -0.39 is 11.6 Å². The van der Waals surface area contributed by atoms with Gasteiger partial charge in [-0.25, -0.2) is 8.78 Å². The van der Waals surface area contributed by atoms with Gasteiger partial charge in [-0.15, -0.1) is 0 Å². The Morgan fingerprint density at radius 1 is 1.24 bits per heavy atom. The number of likely N-dealkylation sites (N-methyl/N-ethyl adjacent to an activating group) is 1. The molecule has 0 unspecified atom stereocenters. The molecule has 1 fully saturated rings. The second kappa shape index (κ2) is 7.03. The minimum atomic E-state index is -0.554. The molecule has 2 nitrogen and oxygen atoms in total. The molecule has 1 aromatic carbocycles. The van der Waals surface area contributed by atoms with E-state index in [4.69, 9.17) is 11.6 Å². The Morgan fingerprint density at radius 2 is 1.90 bits per heavy atom. The maximum Gasteiger partial charge on any atom is 0.142 e. The molecule has 2 atom stereocenters. The number of hydrogen-bond donors (Lipinski definition) is 0. The Labute approximate surface area is 130 Å². The van der Waals surface area contributed by atoms with Crippen molar-refractivity contribution in [1.29, 1.82) is 0 Å². The average Bonchev–Trinajstić information content (AvgIpc) is 2.83. The molecule has 1 heterocycles. The fourth-order valence-electron chi connectivity index (χ4n) is 3.25. The largest absolute Gasteiger partial charge is 0.305 e. The summed E-state index contributed by atoms with van der Waals surface area (Å²) in [4.78, 5) is 4.40. The van der Waals surface area contributed by atoms with Crippen molar-refractivity contribution < 1.29 is 8.78 Å². The van der Waals surface area contributed by atoms with E-state index in [1.165, 1.54) is 0 Å². The highest BCUT2D eigenvalue weighted by atomic mass is 35.5. The van der Waals surface area contributed by atoms with Crippen LogP contribution in [0.1, 0.15) is 25.3 Å². The third-order valence-corrected chi connectivity index (χ3v) is 4.73. The second-order valence-electron chi connectivity index (χ2n) is 6.10. The molecule has 1 aromatic rings. The van der Waals surface area contributed by atoms with Crippen LogP contribution in [0.2, 0.25) is 5.02 Å². The van der Waals surface area contributed by atoms with Gasteiger partial charge in [0.05, 0.1) is 5.02 Å². The smallest absolute Gasteiger partial charge is 0.142 e. The van der Waals surface area contributed by atoms with Crippen molar-refractivity contribution in [3.8, 4) is 0 Å². The van der Waals surface area contributed by atoms with Crippen LogP contribution >= 0.6 is 11.6 Å². The van der Waals surface area contributed by atoms with Gasteiger partial charge >= 0.3 is 0 Å². The molecule has 5 heteroatoms. The normalized spacial score (nSPS) is 23.2. The van der Waals surface area contributed by atoms with Crippen LogP contribution in [0.3, 0.4) is 0 Å². The molecule has 1 aliphatic rings. The van der Waals surface area contributed by atoms with Gasteiger partial charge in [0.1, 0.15) is 11.6 Å². The summed E-state index contributed by atoms with van der Waals surface area (Å²) in [6.07, 6.45) is 2.29. The number of hydrogen-bond acceptors (Lipinski definition) is 2. The monoisotopic (exact) mass is 316 g/mol. The molecule has 0 radical (unpaired) electrons. The summed E-state index contributed by atoms with van der Waals surface area (Å²) < 4.78 is 27.4. The molecule has 118 valence electrons.